The molecule has 0 radical (unpaired) electrons. The van der Waals surface area contributed by atoms with Gasteiger partial charge in [-0.1, -0.05) is 24.3 Å². The quantitative estimate of drug-likeness (QED) is 0.841. The van der Waals surface area contributed by atoms with Gasteiger partial charge in [0.2, 0.25) is 5.91 Å². The molecular weight excluding hydrogens is 282 g/mol. The summed E-state index contributed by atoms with van der Waals surface area (Å²) in [5, 5.41) is 15.8. The van der Waals surface area contributed by atoms with Crippen molar-refractivity contribution in [2.45, 2.75) is 19.5 Å². The summed E-state index contributed by atoms with van der Waals surface area (Å²) in [6.45, 7) is 1.13. The summed E-state index contributed by atoms with van der Waals surface area (Å²) in [6.07, 6.45) is 4.10. The van der Waals surface area contributed by atoms with Crippen LogP contribution >= 0.6 is 0 Å². The van der Waals surface area contributed by atoms with E-state index in [0.717, 1.165) is 11.1 Å². The number of hydrogen-bond donors (Lipinski definition) is 2. The van der Waals surface area contributed by atoms with E-state index in [-0.39, 0.29) is 11.8 Å². The Morgan fingerprint density at radius 2 is 1.95 bits per heavy atom. The summed E-state index contributed by atoms with van der Waals surface area (Å²) >= 11 is 0. The lowest BCUT2D eigenvalue weighted by atomic mass is 10.1. The Kier molecular flexibility index (Phi) is 3.91. The van der Waals surface area contributed by atoms with E-state index in [1.165, 1.54) is 0 Å². The molecule has 1 fully saturated rings. The smallest absolute Gasteiger partial charge is 0.307 e. The second-order valence-electron chi connectivity index (χ2n) is 5.52. The zero-order valence-electron chi connectivity index (χ0n) is 12.0. The third kappa shape index (κ3) is 3.33. The molecule has 0 bridgehead atoms. The lowest BCUT2D eigenvalue weighted by molar-refractivity contribution is -0.140. The topological polar surface area (TPSA) is 84.2 Å². The molecule has 1 amide bonds. The fourth-order valence-electron chi connectivity index (χ4n) is 2.42. The Bertz CT molecular complexity index is 664. The Balaban J connectivity index is 1.49. The molecule has 22 heavy (non-hydrogen) atoms. The van der Waals surface area contributed by atoms with Gasteiger partial charge in [0.05, 0.1) is 18.4 Å². The maximum Gasteiger partial charge on any atom is 0.307 e. The van der Waals surface area contributed by atoms with Gasteiger partial charge in [0.25, 0.3) is 0 Å². The molecule has 0 spiro atoms. The van der Waals surface area contributed by atoms with Crippen LogP contribution in [0.5, 0.6) is 0 Å². The molecule has 0 saturated heterocycles. The van der Waals surface area contributed by atoms with Crippen LogP contribution in [0.2, 0.25) is 0 Å². The maximum absolute atomic E-state index is 11.8. The first-order valence-electron chi connectivity index (χ1n) is 7.19. The van der Waals surface area contributed by atoms with E-state index in [1.54, 1.807) is 6.20 Å². The minimum atomic E-state index is -0.886. The molecule has 2 unspecified atom stereocenters. The Morgan fingerprint density at radius 3 is 2.55 bits per heavy atom. The van der Waals surface area contributed by atoms with Gasteiger partial charge in [-0.15, -0.1) is 0 Å². The molecule has 3 rings (SSSR count). The maximum atomic E-state index is 11.8. The summed E-state index contributed by atoms with van der Waals surface area (Å²) in [5.74, 6) is -1.93. The molecule has 6 nitrogen and oxygen atoms in total. The van der Waals surface area contributed by atoms with Crippen molar-refractivity contribution in [1.29, 1.82) is 0 Å². The standard InChI is InChI=1S/C16H17N3O3/c20-15(13-8-14(13)16(21)22)17-9-11-2-4-12(5-3-11)10-19-7-1-6-18-19/h1-7,13-14H,8-10H2,(H,17,20)(H,21,22). The average Bonchev–Trinajstić information content (AvgIpc) is 3.17. The summed E-state index contributed by atoms with van der Waals surface area (Å²) in [7, 11) is 0. The number of rotatable bonds is 6. The fourth-order valence-corrected chi connectivity index (χ4v) is 2.42. The molecule has 1 heterocycles. The summed E-state index contributed by atoms with van der Waals surface area (Å²) in [4.78, 5) is 22.5. The third-order valence-electron chi connectivity index (χ3n) is 3.84. The zero-order chi connectivity index (χ0) is 15.5. The van der Waals surface area contributed by atoms with E-state index in [9.17, 15) is 9.59 Å². The highest BCUT2D eigenvalue weighted by atomic mass is 16.4. The van der Waals surface area contributed by atoms with Gasteiger partial charge in [-0.05, 0) is 23.6 Å². The van der Waals surface area contributed by atoms with Gasteiger partial charge in [-0.2, -0.15) is 5.10 Å². The van der Waals surface area contributed by atoms with Crippen LogP contribution in [0, 0.1) is 11.8 Å². The number of amides is 1. The largest absolute Gasteiger partial charge is 0.481 e. The predicted octanol–water partition coefficient (Wildman–Crippen LogP) is 1.27. The minimum Gasteiger partial charge on any atom is -0.481 e. The van der Waals surface area contributed by atoms with Crippen molar-refractivity contribution < 1.29 is 14.7 Å². The van der Waals surface area contributed by atoms with Crippen LogP contribution in [0.1, 0.15) is 17.5 Å². The molecule has 6 heteroatoms. The first kappa shape index (κ1) is 14.3. The number of aromatic nitrogens is 2. The van der Waals surface area contributed by atoms with Crippen molar-refractivity contribution in [1.82, 2.24) is 15.1 Å². The normalized spacial score (nSPS) is 19.6. The van der Waals surface area contributed by atoms with Crippen LogP contribution in [0.3, 0.4) is 0 Å². The molecular formula is C16H17N3O3. The summed E-state index contributed by atoms with van der Waals surface area (Å²) < 4.78 is 1.84. The Morgan fingerprint density at radius 1 is 1.23 bits per heavy atom. The van der Waals surface area contributed by atoms with Crippen LogP contribution in [0.4, 0.5) is 0 Å². The van der Waals surface area contributed by atoms with Gasteiger partial charge in [0.15, 0.2) is 0 Å². The van der Waals surface area contributed by atoms with Gasteiger partial charge in [-0.25, -0.2) is 0 Å². The molecule has 1 aromatic heterocycles. The van der Waals surface area contributed by atoms with E-state index in [1.807, 2.05) is 41.2 Å². The average molecular weight is 299 g/mol. The first-order chi connectivity index (χ1) is 10.6. The van der Waals surface area contributed by atoms with Gasteiger partial charge in [-0.3, -0.25) is 14.3 Å². The van der Waals surface area contributed by atoms with Crippen LogP contribution in [0.15, 0.2) is 42.7 Å². The molecule has 1 aliphatic rings. The van der Waals surface area contributed by atoms with Crippen molar-refractivity contribution in [2.24, 2.45) is 11.8 Å². The van der Waals surface area contributed by atoms with Crippen molar-refractivity contribution >= 4 is 11.9 Å². The highest BCUT2D eigenvalue weighted by molar-refractivity contribution is 5.89. The van der Waals surface area contributed by atoms with Gasteiger partial charge >= 0.3 is 5.97 Å². The van der Waals surface area contributed by atoms with Crippen molar-refractivity contribution in [2.75, 3.05) is 0 Å². The van der Waals surface area contributed by atoms with Crippen molar-refractivity contribution in [3.63, 3.8) is 0 Å². The lowest BCUT2D eigenvalue weighted by Gasteiger charge is -2.06. The molecule has 114 valence electrons. The molecule has 1 saturated carbocycles. The third-order valence-corrected chi connectivity index (χ3v) is 3.84. The van der Waals surface area contributed by atoms with Crippen LogP contribution in [-0.2, 0) is 22.7 Å². The van der Waals surface area contributed by atoms with Gasteiger partial charge < -0.3 is 10.4 Å². The monoisotopic (exact) mass is 299 g/mol. The predicted molar refractivity (Wildman–Crippen MR) is 78.9 cm³/mol. The van der Waals surface area contributed by atoms with Crippen molar-refractivity contribution in [3.8, 4) is 0 Å². The number of nitrogens with one attached hydrogen (secondary N) is 1. The lowest BCUT2D eigenvalue weighted by Crippen LogP contribution is -2.25. The number of carbonyl (C=O) groups is 2. The Hall–Kier alpha value is -2.63. The van der Waals surface area contributed by atoms with Crippen LogP contribution in [0.25, 0.3) is 0 Å². The second-order valence-corrected chi connectivity index (χ2v) is 5.52. The number of carboxylic acids is 1. The fraction of sp³-hybridized carbons (Fsp3) is 0.312. The molecule has 2 aromatic rings. The van der Waals surface area contributed by atoms with Crippen molar-refractivity contribution in [3.05, 3.63) is 53.9 Å². The van der Waals surface area contributed by atoms with Crippen LogP contribution in [-0.4, -0.2) is 26.8 Å². The number of hydrogen-bond acceptors (Lipinski definition) is 3. The molecule has 1 aromatic carbocycles. The number of aliphatic carboxylic acids is 1. The summed E-state index contributed by atoms with van der Waals surface area (Å²) in [6, 6.07) is 9.80. The van der Waals surface area contributed by atoms with E-state index in [4.69, 9.17) is 5.11 Å². The SMILES string of the molecule is O=C(O)C1CC1C(=O)NCc1ccc(Cn2cccn2)cc1. The number of nitrogens with zero attached hydrogens (tertiary/aromatic N) is 2. The molecule has 0 aliphatic heterocycles. The molecule has 1 aliphatic carbocycles. The zero-order valence-corrected chi connectivity index (χ0v) is 12.0. The number of benzene rings is 1. The second kappa shape index (κ2) is 6.01. The number of carbonyl (C=O) groups excluding carboxylic acids is 1. The minimum absolute atomic E-state index is 0.173. The first-order valence-corrected chi connectivity index (χ1v) is 7.19. The molecule has 2 atom stereocenters. The number of carboxylic acid groups (broad SMARTS) is 1. The van der Waals surface area contributed by atoms with E-state index in [0.29, 0.717) is 19.5 Å². The molecule has 2 N–H and O–H groups in total. The van der Waals surface area contributed by atoms with Gasteiger partial charge in [0, 0.05) is 18.9 Å². The van der Waals surface area contributed by atoms with E-state index >= 15 is 0 Å². The van der Waals surface area contributed by atoms with E-state index < -0.39 is 11.9 Å². The van der Waals surface area contributed by atoms with Gasteiger partial charge in [0.1, 0.15) is 0 Å². The van der Waals surface area contributed by atoms with E-state index in [2.05, 4.69) is 10.4 Å². The highest BCUT2D eigenvalue weighted by Crippen LogP contribution is 2.38. The highest BCUT2D eigenvalue weighted by Gasteiger charge is 2.48. The summed E-state index contributed by atoms with van der Waals surface area (Å²) in [5.41, 5.74) is 2.12. The Labute approximate surface area is 127 Å². The van der Waals surface area contributed by atoms with Crippen LogP contribution < -0.4 is 5.32 Å².